The van der Waals surface area contributed by atoms with Crippen LogP contribution in [0.15, 0.2) is 60.0 Å². The first-order valence-electron chi connectivity index (χ1n) is 8.72. The molecule has 3 rings (SSSR count). The highest BCUT2D eigenvalue weighted by atomic mass is 35.5. The maximum Gasteiger partial charge on any atom is 0.229 e. The maximum atomic E-state index is 12.6. The topological polar surface area (TPSA) is 42.0 Å². The summed E-state index contributed by atoms with van der Waals surface area (Å²) in [6.45, 7) is 2.05. The van der Waals surface area contributed by atoms with Crippen LogP contribution in [0.3, 0.4) is 0 Å². The fourth-order valence-electron chi connectivity index (χ4n) is 2.84. The molecule has 0 saturated heterocycles. The van der Waals surface area contributed by atoms with E-state index in [1.807, 2.05) is 54.8 Å². The second-order valence-electron chi connectivity index (χ2n) is 6.14. The lowest BCUT2D eigenvalue weighted by Gasteiger charge is -2.13. The van der Waals surface area contributed by atoms with E-state index in [0.29, 0.717) is 10.2 Å². The zero-order valence-electron chi connectivity index (χ0n) is 14.6. The second kappa shape index (κ2) is 8.97. The molecule has 134 valence electrons. The molecule has 1 aromatic heterocycles. The summed E-state index contributed by atoms with van der Waals surface area (Å²) in [7, 11) is 0. The van der Waals surface area contributed by atoms with Gasteiger partial charge in [-0.05, 0) is 30.9 Å². The van der Waals surface area contributed by atoms with Gasteiger partial charge in [0.05, 0.1) is 5.69 Å². The number of benzene rings is 2. The van der Waals surface area contributed by atoms with Crippen molar-refractivity contribution in [3.63, 3.8) is 0 Å². The van der Waals surface area contributed by atoms with Crippen LogP contribution in [0, 0.1) is 5.92 Å². The highest BCUT2D eigenvalue weighted by molar-refractivity contribution is 7.14. The molecule has 0 radical (unpaired) electrons. The number of hydrogen-bond donors (Lipinski definition) is 1. The predicted molar refractivity (Wildman–Crippen MR) is 110 cm³/mol. The zero-order chi connectivity index (χ0) is 18.4. The van der Waals surface area contributed by atoms with Gasteiger partial charge in [-0.2, -0.15) is 0 Å². The van der Waals surface area contributed by atoms with E-state index in [0.717, 1.165) is 30.5 Å². The van der Waals surface area contributed by atoms with Gasteiger partial charge in [-0.1, -0.05) is 67.1 Å². The quantitative estimate of drug-likeness (QED) is 0.537. The van der Waals surface area contributed by atoms with E-state index in [1.54, 1.807) is 0 Å². The van der Waals surface area contributed by atoms with Crippen molar-refractivity contribution in [3.05, 3.63) is 70.6 Å². The lowest BCUT2D eigenvalue weighted by atomic mass is 9.96. The molecule has 0 aliphatic rings. The van der Waals surface area contributed by atoms with Crippen LogP contribution in [0.2, 0.25) is 5.02 Å². The fraction of sp³-hybridized carbons (Fsp3) is 0.238. The average molecular weight is 385 g/mol. The van der Waals surface area contributed by atoms with E-state index in [-0.39, 0.29) is 11.8 Å². The predicted octanol–water partition coefficient (Wildman–Crippen LogP) is 6.06. The Morgan fingerprint density at radius 2 is 1.88 bits per heavy atom. The summed E-state index contributed by atoms with van der Waals surface area (Å²) in [4.78, 5) is 17.1. The van der Waals surface area contributed by atoms with Gasteiger partial charge in [0, 0.05) is 21.9 Å². The molecule has 1 amide bonds. The van der Waals surface area contributed by atoms with Gasteiger partial charge in [0.1, 0.15) is 0 Å². The van der Waals surface area contributed by atoms with E-state index in [9.17, 15) is 4.79 Å². The molecule has 0 saturated carbocycles. The number of aromatic nitrogens is 1. The molecular formula is C21H21ClN2OS. The Labute approximate surface area is 163 Å². The third kappa shape index (κ3) is 4.71. The Hall–Kier alpha value is -2.17. The summed E-state index contributed by atoms with van der Waals surface area (Å²) >= 11 is 7.65. The second-order valence-corrected chi connectivity index (χ2v) is 7.40. The van der Waals surface area contributed by atoms with Crippen LogP contribution in [0.5, 0.6) is 0 Å². The van der Waals surface area contributed by atoms with Crippen LogP contribution in [-0.2, 0) is 11.2 Å². The number of nitrogens with one attached hydrogen (secondary N) is 1. The molecule has 0 bridgehead atoms. The normalized spacial score (nSPS) is 11.9. The van der Waals surface area contributed by atoms with Crippen LogP contribution >= 0.6 is 22.9 Å². The van der Waals surface area contributed by atoms with E-state index >= 15 is 0 Å². The zero-order valence-corrected chi connectivity index (χ0v) is 16.2. The summed E-state index contributed by atoms with van der Waals surface area (Å²) in [5.74, 6) is 0.00589. The minimum absolute atomic E-state index is 0.0251. The molecule has 26 heavy (non-hydrogen) atoms. The number of anilines is 1. The lowest BCUT2D eigenvalue weighted by Crippen LogP contribution is -2.22. The summed E-state index contributed by atoms with van der Waals surface area (Å²) in [6.07, 6.45) is 2.53. The Morgan fingerprint density at radius 3 is 2.62 bits per heavy atom. The fourth-order valence-corrected chi connectivity index (χ4v) is 3.78. The molecule has 3 aromatic rings. The van der Waals surface area contributed by atoms with Crippen molar-refractivity contribution < 1.29 is 4.79 Å². The van der Waals surface area contributed by atoms with Gasteiger partial charge < -0.3 is 5.32 Å². The molecule has 5 heteroatoms. The van der Waals surface area contributed by atoms with E-state index in [1.165, 1.54) is 16.9 Å². The van der Waals surface area contributed by atoms with E-state index < -0.39 is 0 Å². The highest BCUT2D eigenvalue weighted by Crippen LogP contribution is 2.30. The summed E-state index contributed by atoms with van der Waals surface area (Å²) < 4.78 is 0. The highest BCUT2D eigenvalue weighted by Gasteiger charge is 2.18. The van der Waals surface area contributed by atoms with Crippen molar-refractivity contribution in [3.8, 4) is 11.3 Å². The summed E-state index contributed by atoms with van der Waals surface area (Å²) in [5.41, 5.74) is 2.92. The van der Waals surface area contributed by atoms with Crippen molar-refractivity contribution in [2.24, 2.45) is 5.92 Å². The van der Waals surface area contributed by atoms with Gasteiger partial charge in [-0.3, -0.25) is 4.79 Å². The minimum atomic E-state index is -0.0251. The smallest absolute Gasteiger partial charge is 0.229 e. The number of aryl methyl sites for hydroxylation is 1. The first-order chi connectivity index (χ1) is 12.7. The molecular weight excluding hydrogens is 364 g/mol. The number of carbonyl (C=O) groups excluding carboxylic acids is 1. The number of thiazole rings is 1. The van der Waals surface area contributed by atoms with Crippen LogP contribution in [0.1, 0.15) is 25.3 Å². The van der Waals surface area contributed by atoms with Gasteiger partial charge in [-0.15, -0.1) is 11.3 Å². The van der Waals surface area contributed by atoms with Crippen LogP contribution < -0.4 is 5.32 Å². The van der Waals surface area contributed by atoms with Crippen LogP contribution in [-0.4, -0.2) is 10.9 Å². The molecule has 2 aromatic carbocycles. The number of halogens is 1. The SMILES string of the molecule is CC[C@H](CCc1ccccc1)C(=O)Nc1nc(-c2ccccc2Cl)cs1. The number of carbonyl (C=O) groups is 1. The number of hydrogen-bond acceptors (Lipinski definition) is 3. The monoisotopic (exact) mass is 384 g/mol. The van der Waals surface area contributed by atoms with Crippen molar-refractivity contribution >= 4 is 34.0 Å². The van der Waals surface area contributed by atoms with Crippen molar-refractivity contribution in [2.45, 2.75) is 26.2 Å². The Balaban J connectivity index is 1.62. The Morgan fingerprint density at radius 1 is 1.15 bits per heavy atom. The van der Waals surface area contributed by atoms with Gasteiger partial charge in [0.25, 0.3) is 0 Å². The number of amides is 1. The molecule has 0 unspecified atom stereocenters. The van der Waals surface area contributed by atoms with E-state index in [2.05, 4.69) is 22.4 Å². The third-order valence-corrected chi connectivity index (χ3v) is 5.46. The molecule has 0 aliphatic carbocycles. The molecule has 1 heterocycles. The maximum absolute atomic E-state index is 12.6. The Kier molecular flexibility index (Phi) is 6.42. The van der Waals surface area contributed by atoms with Gasteiger partial charge in [-0.25, -0.2) is 4.98 Å². The van der Waals surface area contributed by atoms with Crippen molar-refractivity contribution in [2.75, 3.05) is 5.32 Å². The Bertz CT molecular complexity index is 863. The van der Waals surface area contributed by atoms with Gasteiger partial charge in [0.2, 0.25) is 5.91 Å². The largest absolute Gasteiger partial charge is 0.302 e. The van der Waals surface area contributed by atoms with Gasteiger partial charge in [0.15, 0.2) is 5.13 Å². The minimum Gasteiger partial charge on any atom is -0.302 e. The third-order valence-electron chi connectivity index (χ3n) is 4.37. The van der Waals surface area contributed by atoms with Gasteiger partial charge >= 0.3 is 0 Å². The number of nitrogens with zero attached hydrogens (tertiary/aromatic N) is 1. The van der Waals surface area contributed by atoms with E-state index in [4.69, 9.17) is 11.6 Å². The van der Waals surface area contributed by atoms with Crippen LogP contribution in [0.25, 0.3) is 11.3 Å². The molecule has 3 nitrogen and oxygen atoms in total. The molecule has 0 spiro atoms. The van der Waals surface area contributed by atoms with Crippen molar-refractivity contribution in [1.82, 2.24) is 4.98 Å². The standard InChI is InChI=1S/C21H21ClN2OS/c1-2-16(13-12-15-8-4-3-5-9-15)20(25)24-21-23-19(14-26-21)17-10-6-7-11-18(17)22/h3-11,14,16H,2,12-13H2,1H3,(H,23,24,25)/t16-/m1/s1. The average Bonchev–Trinajstić information content (AvgIpc) is 3.11. The first-order valence-corrected chi connectivity index (χ1v) is 9.98. The summed E-state index contributed by atoms with van der Waals surface area (Å²) in [6, 6.07) is 17.8. The lowest BCUT2D eigenvalue weighted by molar-refractivity contribution is -0.120. The summed E-state index contributed by atoms with van der Waals surface area (Å²) in [5, 5.41) is 6.15. The number of rotatable bonds is 7. The molecule has 0 fully saturated rings. The molecule has 1 atom stereocenters. The molecule has 1 N–H and O–H groups in total. The van der Waals surface area contributed by atoms with Crippen LogP contribution in [0.4, 0.5) is 5.13 Å². The first kappa shape index (κ1) is 18.6. The molecule has 0 aliphatic heterocycles. The van der Waals surface area contributed by atoms with Crippen molar-refractivity contribution in [1.29, 1.82) is 0 Å².